The predicted octanol–water partition coefficient (Wildman–Crippen LogP) is 1.57. The van der Waals surface area contributed by atoms with Crippen LogP contribution in [0.4, 0.5) is 13.2 Å². The van der Waals surface area contributed by atoms with Gasteiger partial charge in [0.25, 0.3) is 5.91 Å². The van der Waals surface area contributed by atoms with E-state index in [2.05, 4.69) is 29.2 Å². The third-order valence-corrected chi connectivity index (χ3v) is 4.79. The monoisotopic (exact) mass is 516 g/mol. The van der Waals surface area contributed by atoms with Crippen LogP contribution >= 0.6 is 0 Å². The standard InChI is InChI=1S/C23H39F3N8O2/c1-17(2)8-9-31-14-19(27)15-33(29)10-3-4-11-34(30)16-21(28)22(35)32-13-18-6-5-7-20(12-18)36-23(24,25)26/h5-7,12,15-17,31H,3-4,8-11,13-14,27-30H2,1-2H3,(H,32,35)/b19-15-,21-16-. The summed E-state index contributed by atoms with van der Waals surface area (Å²) in [5, 5.41) is 8.59. The first-order chi connectivity index (χ1) is 16.9. The molecule has 0 bridgehead atoms. The van der Waals surface area contributed by atoms with E-state index in [0.717, 1.165) is 19.4 Å². The van der Waals surface area contributed by atoms with Crippen LogP contribution in [-0.4, -0.2) is 48.5 Å². The summed E-state index contributed by atoms with van der Waals surface area (Å²) in [6.07, 6.45) is 0.670. The number of benzene rings is 1. The number of nitrogens with two attached hydrogens (primary N) is 4. The van der Waals surface area contributed by atoms with Crippen molar-refractivity contribution in [3.8, 4) is 5.75 Å². The highest BCUT2D eigenvalue weighted by molar-refractivity contribution is 5.92. The molecule has 0 spiro atoms. The summed E-state index contributed by atoms with van der Waals surface area (Å²) in [5.74, 6) is 11.5. The van der Waals surface area contributed by atoms with Crippen molar-refractivity contribution in [3.63, 3.8) is 0 Å². The van der Waals surface area contributed by atoms with E-state index in [1.165, 1.54) is 34.4 Å². The number of nitrogens with zero attached hydrogens (tertiary/aromatic N) is 2. The second-order valence-electron chi connectivity index (χ2n) is 8.71. The molecule has 0 atom stereocenters. The minimum absolute atomic E-state index is 0.0385. The van der Waals surface area contributed by atoms with Crippen LogP contribution in [0.15, 0.2) is 48.1 Å². The Bertz CT molecular complexity index is 862. The molecule has 0 heterocycles. The van der Waals surface area contributed by atoms with E-state index in [-0.39, 0.29) is 18.0 Å². The summed E-state index contributed by atoms with van der Waals surface area (Å²) < 4.78 is 40.9. The lowest BCUT2D eigenvalue weighted by Gasteiger charge is -2.18. The zero-order valence-electron chi connectivity index (χ0n) is 20.9. The lowest BCUT2D eigenvalue weighted by Crippen LogP contribution is -2.34. The van der Waals surface area contributed by atoms with Crippen LogP contribution in [0.25, 0.3) is 0 Å². The van der Waals surface area contributed by atoms with Gasteiger partial charge < -0.3 is 36.9 Å². The van der Waals surface area contributed by atoms with Gasteiger partial charge >= 0.3 is 6.36 Å². The second-order valence-corrected chi connectivity index (χ2v) is 8.71. The normalized spacial score (nSPS) is 12.6. The minimum Gasteiger partial charge on any atom is -0.406 e. The van der Waals surface area contributed by atoms with E-state index in [9.17, 15) is 18.0 Å². The number of carbonyl (C=O) groups is 1. The number of unbranched alkanes of at least 4 members (excludes halogenated alkanes) is 1. The van der Waals surface area contributed by atoms with Crippen molar-refractivity contribution in [1.82, 2.24) is 20.7 Å². The molecule has 204 valence electrons. The van der Waals surface area contributed by atoms with Crippen LogP contribution in [-0.2, 0) is 11.3 Å². The van der Waals surface area contributed by atoms with Gasteiger partial charge in [-0.3, -0.25) is 4.79 Å². The number of hydrogen-bond donors (Lipinski definition) is 6. The number of rotatable bonds is 16. The smallest absolute Gasteiger partial charge is 0.406 e. The fourth-order valence-electron chi connectivity index (χ4n) is 2.97. The van der Waals surface area contributed by atoms with E-state index in [4.69, 9.17) is 23.2 Å². The van der Waals surface area contributed by atoms with Crippen LogP contribution in [0.1, 0.15) is 38.7 Å². The molecule has 10 nitrogen and oxygen atoms in total. The molecule has 1 amide bonds. The van der Waals surface area contributed by atoms with Crippen molar-refractivity contribution in [3.05, 3.63) is 53.6 Å². The largest absolute Gasteiger partial charge is 0.573 e. The van der Waals surface area contributed by atoms with Crippen molar-refractivity contribution in [1.29, 1.82) is 0 Å². The van der Waals surface area contributed by atoms with Gasteiger partial charge in [-0.15, -0.1) is 13.2 Å². The molecule has 0 aromatic heterocycles. The first-order valence-corrected chi connectivity index (χ1v) is 11.7. The van der Waals surface area contributed by atoms with Crippen molar-refractivity contribution < 1.29 is 22.7 Å². The van der Waals surface area contributed by atoms with Crippen LogP contribution in [0.3, 0.4) is 0 Å². The zero-order valence-corrected chi connectivity index (χ0v) is 20.9. The highest BCUT2D eigenvalue weighted by Crippen LogP contribution is 2.23. The second kappa shape index (κ2) is 15.8. The summed E-state index contributed by atoms with van der Waals surface area (Å²) in [7, 11) is 0. The Morgan fingerprint density at radius 1 is 1.11 bits per heavy atom. The highest BCUT2D eigenvalue weighted by Gasteiger charge is 2.31. The molecular weight excluding hydrogens is 477 g/mol. The Balaban J connectivity index is 2.34. The Kier molecular flexibility index (Phi) is 13.5. The van der Waals surface area contributed by atoms with Crippen molar-refractivity contribution in [2.75, 3.05) is 26.2 Å². The molecule has 0 fully saturated rings. The van der Waals surface area contributed by atoms with E-state index in [0.29, 0.717) is 43.2 Å². The summed E-state index contributed by atoms with van der Waals surface area (Å²) in [6.45, 7) is 6.73. The highest BCUT2D eigenvalue weighted by atomic mass is 19.4. The maximum atomic E-state index is 12.3. The third kappa shape index (κ3) is 15.0. The minimum atomic E-state index is -4.80. The molecule has 13 heteroatoms. The van der Waals surface area contributed by atoms with Crippen LogP contribution in [0, 0.1) is 5.92 Å². The molecule has 36 heavy (non-hydrogen) atoms. The van der Waals surface area contributed by atoms with Gasteiger partial charge in [0.1, 0.15) is 11.4 Å². The fourth-order valence-corrected chi connectivity index (χ4v) is 2.97. The zero-order chi connectivity index (χ0) is 27.1. The average molecular weight is 517 g/mol. The summed E-state index contributed by atoms with van der Waals surface area (Å²) in [5.41, 5.74) is 12.6. The first-order valence-electron chi connectivity index (χ1n) is 11.7. The predicted molar refractivity (Wildman–Crippen MR) is 133 cm³/mol. The Labute approximate surface area is 210 Å². The summed E-state index contributed by atoms with van der Waals surface area (Å²) in [6, 6.07) is 5.28. The molecule has 10 N–H and O–H groups in total. The molecule has 1 aromatic rings. The van der Waals surface area contributed by atoms with Crippen molar-refractivity contribution in [2.45, 2.75) is 46.0 Å². The van der Waals surface area contributed by atoms with Gasteiger partial charge in [-0.2, -0.15) is 0 Å². The molecule has 0 aliphatic rings. The van der Waals surface area contributed by atoms with Crippen LogP contribution < -0.4 is 38.5 Å². The average Bonchev–Trinajstić information content (AvgIpc) is 2.77. The van der Waals surface area contributed by atoms with E-state index in [1.807, 2.05) is 0 Å². The molecule has 0 radical (unpaired) electrons. The molecule has 0 aliphatic carbocycles. The third-order valence-electron chi connectivity index (χ3n) is 4.79. The number of hydrogen-bond acceptors (Lipinski definition) is 9. The molecule has 0 saturated carbocycles. The fraction of sp³-hybridized carbons (Fsp3) is 0.522. The maximum Gasteiger partial charge on any atom is 0.573 e. The van der Waals surface area contributed by atoms with Gasteiger partial charge in [0.2, 0.25) is 0 Å². The molecule has 0 aliphatic heterocycles. The van der Waals surface area contributed by atoms with Crippen molar-refractivity contribution >= 4 is 5.91 Å². The van der Waals surface area contributed by atoms with E-state index >= 15 is 0 Å². The number of halogens is 3. The van der Waals surface area contributed by atoms with Crippen LogP contribution in [0.2, 0.25) is 0 Å². The quantitative estimate of drug-likeness (QED) is 0.0829. The number of nitrogens with one attached hydrogen (secondary N) is 2. The summed E-state index contributed by atoms with van der Waals surface area (Å²) >= 11 is 0. The topological polar surface area (TPSA) is 161 Å². The van der Waals surface area contributed by atoms with Gasteiger partial charge in [-0.05, 0) is 49.4 Å². The first kappa shape index (κ1) is 30.9. The van der Waals surface area contributed by atoms with Crippen molar-refractivity contribution in [2.24, 2.45) is 29.1 Å². The lowest BCUT2D eigenvalue weighted by molar-refractivity contribution is -0.274. The molecule has 0 unspecified atom stereocenters. The SMILES string of the molecule is CC(C)CCNC/C(N)=C/N(N)CCCCN(N)/C=C(\N)C(=O)NCc1cccc(OC(F)(F)F)c1. The molecular formula is C23H39F3N8O2. The summed E-state index contributed by atoms with van der Waals surface area (Å²) in [4.78, 5) is 12.2. The van der Waals surface area contributed by atoms with Gasteiger partial charge in [-0.25, -0.2) is 11.7 Å². The number of alkyl halides is 3. The molecule has 1 aromatic carbocycles. The lowest BCUT2D eigenvalue weighted by atomic mass is 10.1. The van der Waals surface area contributed by atoms with Gasteiger partial charge in [0, 0.05) is 44.3 Å². The number of ether oxygens (including phenoxy) is 1. The van der Waals surface area contributed by atoms with E-state index < -0.39 is 12.3 Å². The number of hydrazine groups is 2. The Morgan fingerprint density at radius 3 is 2.36 bits per heavy atom. The maximum absolute atomic E-state index is 12.3. The van der Waals surface area contributed by atoms with Gasteiger partial charge in [0.05, 0.1) is 0 Å². The Hall–Kier alpha value is -3.16. The van der Waals surface area contributed by atoms with Crippen LogP contribution in [0.5, 0.6) is 5.75 Å². The van der Waals surface area contributed by atoms with Gasteiger partial charge in [0.15, 0.2) is 0 Å². The number of amides is 1. The van der Waals surface area contributed by atoms with E-state index in [1.54, 1.807) is 12.3 Å². The Morgan fingerprint density at radius 2 is 1.75 bits per heavy atom. The molecule has 1 rings (SSSR count). The number of carbonyl (C=O) groups excluding carboxylic acids is 1. The molecule has 0 saturated heterocycles. The van der Waals surface area contributed by atoms with Gasteiger partial charge in [-0.1, -0.05) is 26.0 Å².